The van der Waals surface area contributed by atoms with Gasteiger partial charge in [0.05, 0.1) is 6.04 Å². The summed E-state index contributed by atoms with van der Waals surface area (Å²) in [5.74, 6) is 2.27. The molecule has 6 nitrogen and oxygen atoms in total. The van der Waals surface area contributed by atoms with Gasteiger partial charge < -0.3 is 19.9 Å². The molecule has 2 aromatic carbocycles. The molecular formula is C24H21N3O3. The van der Waals surface area contributed by atoms with Crippen molar-refractivity contribution in [3.63, 3.8) is 0 Å². The Morgan fingerprint density at radius 2 is 1.70 bits per heavy atom. The van der Waals surface area contributed by atoms with Crippen molar-refractivity contribution >= 4 is 16.7 Å². The van der Waals surface area contributed by atoms with E-state index in [0.29, 0.717) is 22.6 Å². The number of aromatic nitrogens is 2. The van der Waals surface area contributed by atoms with Crippen molar-refractivity contribution < 1.29 is 14.6 Å². The first-order valence-electron chi connectivity index (χ1n) is 9.77. The number of ether oxygens (including phenoxy) is 2. The van der Waals surface area contributed by atoms with Crippen LogP contribution < -0.4 is 14.8 Å². The van der Waals surface area contributed by atoms with Crippen LogP contribution in [0.2, 0.25) is 0 Å². The smallest absolute Gasteiger partial charge is 0.231 e. The molecule has 4 aromatic rings. The topological polar surface area (TPSA) is 76.5 Å². The van der Waals surface area contributed by atoms with Gasteiger partial charge >= 0.3 is 0 Å². The lowest BCUT2D eigenvalue weighted by molar-refractivity contribution is 0.174. The Balaban J connectivity index is 1.66. The molecule has 150 valence electrons. The second kappa shape index (κ2) is 7.22. The Labute approximate surface area is 174 Å². The summed E-state index contributed by atoms with van der Waals surface area (Å²) in [6.07, 6.45) is 0. The molecule has 0 radical (unpaired) electrons. The van der Waals surface area contributed by atoms with Gasteiger partial charge in [0, 0.05) is 22.3 Å². The fourth-order valence-electron chi connectivity index (χ4n) is 3.72. The standard InChI is InChI=1S/C24H21N3O3/c1-14-4-3-5-21(25-14)27-22(17-9-11-19-20(12-17)30-13-29-19)18-10-8-16-7-6-15(2)26-23(16)24(18)28/h3-12,22,28H,13H2,1-2H3,(H,25,27)/t22-/m0/s1. The Kier molecular flexibility index (Phi) is 4.39. The predicted octanol–water partition coefficient (Wildman–Crippen LogP) is 4.88. The molecule has 0 amide bonds. The van der Waals surface area contributed by atoms with Gasteiger partial charge in [0.15, 0.2) is 11.5 Å². The molecule has 3 heterocycles. The van der Waals surface area contributed by atoms with Gasteiger partial charge in [0.2, 0.25) is 6.79 Å². The van der Waals surface area contributed by atoms with E-state index in [-0.39, 0.29) is 18.6 Å². The van der Waals surface area contributed by atoms with E-state index in [1.807, 2.05) is 74.5 Å². The zero-order chi connectivity index (χ0) is 20.7. The number of pyridine rings is 2. The highest BCUT2D eigenvalue weighted by Gasteiger charge is 2.23. The van der Waals surface area contributed by atoms with Crippen LogP contribution in [0.4, 0.5) is 5.82 Å². The number of phenols is 1. The first kappa shape index (κ1) is 18.2. The number of phenolic OH excluding ortho intramolecular Hbond substituents is 1. The SMILES string of the molecule is Cc1cccc(N[C@@H](c2ccc3c(c2)OCO3)c2ccc3ccc(C)nc3c2O)n1. The maximum Gasteiger partial charge on any atom is 0.231 e. The van der Waals surface area contributed by atoms with Crippen molar-refractivity contribution in [2.45, 2.75) is 19.9 Å². The molecular weight excluding hydrogens is 378 g/mol. The number of benzene rings is 2. The molecule has 2 aromatic heterocycles. The molecule has 30 heavy (non-hydrogen) atoms. The molecule has 0 aliphatic carbocycles. The number of hydrogen-bond donors (Lipinski definition) is 2. The molecule has 0 fully saturated rings. The lowest BCUT2D eigenvalue weighted by Crippen LogP contribution is -2.14. The molecule has 1 atom stereocenters. The molecule has 1 aliphatic rings. The van der Waals surface area contributed by atoms with Gasteiger partial charge in [-0.05, 0) is 49.7 Å². The fraction of sp³-hybridized carbons (Fsp3) is 0.167. The molecule has 0 spiro atoms. The lowest BCUT2D eigenvalue weighted by atomic mass is 9.95. The summed E-state index contributed by atoms with van der Waals surface area (Å²) in [7, 11) is 0. The summed E-state index contributed by atoms with van der Waals surface area (Å²) in [5.41, 5.74) is 3.97. The third-order valence-corrected chi connectivity index (χ3v) is 5.23. The van der Waals surface area contributed by atoms with Crippen LogP contribution in [0.3, 0.4) is 0 Å². The number of nitrogens with zero attached hydrogens (tertiary/aromatic N) is 2. The van der Waals surface area contributed by atoms with Gasteiger partial charge in [-0.25, -0.2) is 9.97 Å². The summed E-state index contributed by atoms with van der Waals surface area (Å²) in [6, 6.07) is 19.0. The highest BCUT2D eigenvalue weighted by molar-refractivity contribution is 5.86. The van der Waals surface area contributed by atoms with E-state index in [0.717, 1.165) is 28.2 Å². The second-order valence-corrected chi connectivity index (χ2v) is 7.38. The minimum Gasteiger partial charge on any atom is -0.505 e. The van der Waals surface area contributed by atoms with Gasteiger partial charge in [-0.15, -0.1) is 0 Å². The minimum atomic E-state index is -0.361. The molecule has 5 rings (SSSR count). The van der Waals surface area contributed by atoms with Gasteiger partial charge in [0.25, 0.3) is 0 Å². The second-order valence-electron chi connectivity index (χ2n) is 7.38. The summed E-state index contributed by atoms with van der Waals surface area (Å²) < 4.78 is 11.0. The lowest BCUT2D eigenvalue weighted by Gasteiger charge is -2.22. The summed E-state index contributed by atoms with van der Waals surface area (Å²) in [5, 5.41) is 15.5. The van der Waals surface area contributed by atoms with Crippen LogP contribution in [0.15, 0.2) is 60.7 Å². The maximum absolute atomic E-state index is 11.2. The van der Waals surface area contributed by atoms with Crippen molar-refractivity contribution in [2.75, 3.05) is 12.1 Å². The van der Waals surface area contributed by atoms with Crippen LogP contribution in [-0.4, -0.2) is 21.9 Å². The molecule has 0 unspecified atom stereocenters. The van der Waals surface area contributed by atoms with E-state index in [9.17, 15) is 5.11 Å². The van der Waals surface area contributed by atoms with Gasteiger partial charge in [-0.1, -0.05) is 30.3 Å². The van der Waals surface area contributed by atoms with E-state index in [1.54, 1.807) is 0 Å². The van der Waals surface area contributed by atoms with E-state index >= 15 is 0 Å². The first-order valence-corrected chi connectivity index (χ1v) is 9.77. The number of hydrogen-bond acceptors (Lipinski definition) is 6. The maximum atomic E-state index is 11.2. The molecule has 1 aliphatic heterocycles. The van der Waals surface area contributed by atoms with Crippen molar-refractivity contribution in [1.82, 2.24) is 9.97 Å². The van der Waals surface area contributed by atoms with Crippen molar-refractivity contribution in [3.05, 3.63) is 83.2 Å². The van der Waals surface area contributed by atoms with Crippen molar-refractivity contribution in [2.24, 2.45) is 0 Å². The average Bonchev–Trinajstić information content (AvgIpc) is 3.21. The van der Waals surface area contributed by atoms with Gasteiger partial charge in [-0.3, -0.25) is 0 Å². The number of nitrogens with one attached hydrogen (secondary N) is 1. The zero-order valence-corrected chi connectivity index (χ0v) is 16.7. The van der Waals surface area contributed by atoms with Crippen LogP contribution in [0.5, 0.6) is 17.2 Å². The largest absolute Gasteiger partial charge is 0.505 e. The predicted molar refractivity (Wildman–Crippen MR) is 115 cm³/mol. The van der Waals surface area contributed by atoms with Crippen LogP contribution >= 0.6 is 0 Å². The average molecular weight is 399 g/mol. The third-order valence-electron chi connectivity index (χ3n) is 5.23. The quantitative estimate of drug-likeness (QED) is 0.509. The number of rotatable bonds is 4. The van der Waals surface area contributed by atoms with Crippen molar-refractivity contribution in [3.8, 4) is 17.2 Å². The zero-order valence-electron chi connectivity index (χ0n) is 16.7. The van der Waals surface area contributed by atoms with E-state index in [2.05, 4.69) is 15.3 Å². The normalized spacial score (nSPS) is 13.4. The Morgan fingerprint density at radius 3 is 2.57 bits per heavy atom. The van der Waals surface area contributed by atoms with E-state index < -0.39 is 0 Å². The highest BCUT2D eigenvalue weighted by atomic mass is 16.7. The number of anilines is 1. The monoisotopic (exact) mass is 399 g/mol. The molecule has 0 saturated heterocycles. The molecule has 0 bridgehead atoms. The molecule has 2 N–H and O–H groups in total. The van der Waals surface area contributed by atoms with E-state index in [4.69, 9.17) is 9.47 Å². The number of aryl methyl sites for hydroxylation is 2. The summed E-state index contributed by atoms with van der Waals surface area (Å²) in [6.45, 7) is 4.07. The Morgan fingerprint density at radius 1 is 0.900 bits per heavy atom. The minimum absolute atomic E-state index is 0.152. The Bertz CT molecular complexity index is 1260. The fourth-order valence-corrected chi connectivity index (χ4v) is 3.72. The number of fused-ring (bicyclic) bond motifs is 2. The third kappa shape index (κ3) is 3.26. The number of aromatic hydroxyl groups is 1. The van der Waals surface area contributed by atoms with Gasteiger partial charge in [-0.2, -0.15) is 0 Å². The van der Waals surface area contributed by atoms with E-state index in [1.165, 1.54) is 0 Å². The Hall–Kier alpha value is -3.80. The van der Waals surface area contributed by atoms with Gasteiger partial charge in [0.1, 0.15) is 17.1 Å². The molecule has 0 saturated carbocycles. The summed E-state index contributed by atoms with van der Waals surface area (Å²) in [4.78, 5) is 9.13. The van der Waals surface area contributed by atoms with Crippen LogP contribution in [-0.2, 0) is 0 Å². The first-order chi connectivity index (χ1) is 14.6. The highest BCUT2D eigenvalue weighted by Crippen LogP contribution is 2.40. The molecule has 6 heteroatoms. The van der Waals surface area contributed by atoms with Crippen LogP contribution in [0.25, 0.3) is 10.9 Å². The van der Waals surface area contributed by atoms with Crippen molar-refractivity contribution in [1.29, 1.82) is 0 Å². The van der Waals surface area contributed by atoms with Crippen LogP contribution in [0.1, 0.15) is 28.6 Å². The van der Waals surface area contributed by atoms with Crippen LogP contribution in [0, 0.1) is 13.8 Å². The summed E-state index contributed by atoms with van der Waals surface area (Å²) >= 11 is 0.